The van der Waals surface area contributed by atoms with Gasteiger partial charge in [-0.25, -0.2) is 0 Å². The Kier molecular flexibility index (Phi) is 4.49. The van der Waals surface area contributed by atoms with Gasteiger partial charge >= 0.3 is 0 Å². The number of anilines is 1. The maximum Gasteiger partial charge on any atom is 0.270 e. The second-order valence-electron chi connectivity index (χ2n) is 4.37. The number of thiocarbonyl (C=S) groups is 1. The van der Waals surface area contributed by atoms with E-state index in [1.54, 1.807) is 30.5 Å². The van der Waals surface area contributed by atoms with Crippen molar-refractivity contribution in [1.82, 2.24) is 4.98 Å². The van der Waals surface area contributed by atoms with Crippen molar-refractivity contribution in [2.75, 3.05) is 4.90 Å². The molecule has 2 aromatic rings. The fraction of sp³-hybridized carbons (Fsp3) is 0. The molecule has 3 nitrogen and oxygen atoms in total. The van der Waals surface area contributed by atoms with E-state index < -0.39 is 0 Å². The van der Waals surface area contributed by atoms with Crippen LogP contribution in [-0.4, -0.2) is 15.2 Å². The first kappa shape index (κ1) is 15.5. The van der Waals surface area contributed by atoms with Crippen LogP contribution in [0.5, 0.6) is 0 Å². The van der Waals surface area contributed by atoms with Gasteiger partial charge in [-0.1, -0.05) is 53.2 Å². The van der Waals surface area contributed by atoms with Crippen molar-refractivity contribution in [3.05, 3.63) is 63.2 Å². The van der Waals surface area contributed by atoms with Crippen LogP contribution >= 0.6 is 47.2 Å². The summed E-state index contributed by atoms with van der Waals surface area (Å²) in [5.74, 6) is -0.195. The number of nitrogens with zero attached hydrogens (tertiary/aromatic N) is 2. The molecular formula is C15H8Cl2N2OS2. The minimum Gasteiger partial charge on any atom is -0.268 e. The number of aromatic nitrogens is 1. The van der Waals surface area contributed by atoms with E-state index in [0.29, 0.717) is 30.7 Å². The predicted octanol–water partition coefficient (Wildman–Crippen LogP) is 4.79. The molecule has 1 aliphatic heterocycles. The van der Waals surface area contributed by atoms with Crippen LogP contribution in [0.2, 0.25) is 10.0 Å². The van der Waals surface area contributed by atoms with E-state index in [0.717, 1.165) is 0 Å². The fourth-order valence-electron chi connectivity index (χ4n) is 1.91. The zero-order valence-corrected chi connectivity index (χ0v) is 14.1. The molecule has 110 valence electrons. The molecule has 3 rings (SSSR count). The van der Waals surface area contributed by atoms with Gasteiger partial charge in [-0.3, -0.25) is 14.7 Å². The second-order valence-corrected chi connectivity index (χ2v) is 6.86. The Morgan fingerprint density at radius 3 is 2.68 bits per heavy atom. The lowest BCUT2D eigenvalue weighted by Crippen LogP contribution is -2.27. The van der Waals surface area contributed by atoms with Gasteiger partial charge in [0, 0.05) is 6.20 Å². The van der Waals surface area contributed by atoms with E-state index in [1.807, 2.05) is 18.2 Å². The number of hydrogen-bond donors (Lipinski definition) is 0. The molecular weight excluding hydrogens is 359 g/mol. The van der Waals surface area contributed by atoms with Gasteiger partial charge in [-0.2, -0.15) is 0 Å². The third-order valence-corrected chi connectivity index (χ3v) is 4.96. The number of benzene rings is 1. The smallest absolute Gasteiger partial charge is 0.268 e. The third kappa shape index (κ3) is 3.03. The van der Waals surface area contributed by atoms with Crippen molar-refractivity contribution in [3.63, 3.8) is 0 Å². The van der Waals surface area contributed by atoms with Gasteiger partial charge in [-0.05, 0) is 36.4 Å². The van der Waals surface area contributed by atoms with E-state index in [1.165, 1.54) is 16.7 Å². The molecule has 1 saturated heterocycles. The number of halogens is 2. The summed E-state index contributed by atoms with van der Waals surface area (Å²) in [5, 5.41) is 0.807. The van der Waals surface area contributed by atoms with Gasteiger partial charge in [0.1, 0.15) is 0 Å². The Hall–Kier alpha value is -1.40. The fourth-order valence-corrected chi connectivity index (χ4v) is 3.49. The van der Waals surface area contributed by atoms with Crippen molar-refractivity contribution < 1.29 is 4.79 Å². The minimum atomic E-state index is -0.195. The van der Waals surface area contributed by atoms with E-state index in [2.05, 4.69) is 4.98 Å². The molecule has 1 aliphatic rings. The summed E-state index contributed by atoms with van der Waals surface area (Å²) in [6.45, 7) is 0. The normalized spacial score (nSPS) is 16.6. The van der Waals surface area contributed by atoms with Crippen molar-refractivity contribution in [2.24, 2.45) is 0 Å². The summed E-state index contributed by atoms with van der Waals surface area (Å²) in [6, 6.07) is 10.5. The number of hydrogen-bond acceptors (Lipinski definition) is 4. The summed E-state index contributed by atoms with van der Waals surface area (Å²) in [6.07, 6.45) is 3.39. The van der Waals surface area contributed by atoms with Gasteiger partial charge in [0.25, 0.3) is 5.91 Å². The summed E-state index contributed by atoms with van der Waals surface area (Å²) in [7, 11) is 0. The standard InChI is InChI=1S/C15H8Cl2N2OS2/c16-11-5-4-10(8-12(11)17)19-14(20)13(22-15(19)21)7-9-3-1-2-6-18-9/h1-8H. The first-order valence-electron chi connectivity index (χ1n) is 6.20. The van der Waals surface area contributed by atoms with Crippen LogP contribution in [0.1, 0.15) is 5.69 Å². The molecule has 0 aliphatic carbocycles. The average molecular weight is 367 g/mol. The first-order chi connectivity index (χ1) is 10.6. The summed E-state index contributed by atoms with van der Waals surface area (Å²) in [5.41, 5.74) is 1.30. The molecule has 2 heterocycles. The molecule has 0 N–H and O–H groups in total. The maximum absolute atomic E-state index is 12.6. The number of thioether (sulfide) groups is 1. The Bertz CT molecular complexity index is 793. The van der Waals surface area contributed by atoms with Gasteiger partial charge in [0.2, 0.25) is 0 Å². The van der Waals surface area contributed by atoms with Crippen LogP contribution in [-0.2, 0) is 4.79 Å². The highest BCUT2D eigenvalue weighted by Gasteiger charge is 2.33. The lowest BCUT2D eigenvalue weighted by molar-refractivity contribution is -0.113. The maximum atomic E-state index is 12.6. The van der Waals surface area contributed by atoms with Gasteiger partial charge in [-0.15, -0.1) is 0 Å². The lowest BCUT2D eigenvalue weighted by Gasteiger charge is -2.15. The number of carbonyl (C=O) groups is 1. The highest BCUT2D eigenvalue weighted by molar-refractivity contribution is 8.27. The zero-order valence-electron chi connectivity index (χ0n) is 11.0. The molecule has 1 aromatic carbocycles. The highest BCUT2D eigenvalue weighted by atomic mass is 35.5. The Balaban J connectivity index is 1.95. The second kappa shape index (κ2) is 6.38. The van der Waals surface area contributed by atoms with Crippen LogP contribution in [0.15, 0.2) is 47.5 Å². The molecule has 0 bridgehead atoms. The summed E-state index contributed by atoms with van der Waals surface area (Å²) in [4.78, 5) is 18.7. The van der Waals surface area contributed by atoms with Gasteiger partial charge in [0.05, 0.1) is 26.3 Å². The van der Waals surface area contributed by atoms with Crippen LogP contribution in [0.25, 0.3) is 6.08 Å². The van der Waals surface area contributed by atoms with Crippen molar-refractivity contribution in [2.45, 2.75) is 0 Å². The predicted molar refractivity (Wildman–Crippen MR) is 96.4 cm³/mol. The van der Waals surface area contributed by atoms with Gasteiger partial charge < -0.3 is 0 Å². The number of pyridine rings is 1. The van der Waals surface area contributed by atoms with Crippen LogP contribution < -0.4 is 4.90 Å². The molecule has 1 fully saturated rings. The quantitative estimate of drug-likeness (QED) is 0.564. The molecule has 0 unspecified atom stereocenters. The van der Waals surface area contributed by atoms with Crippen LogP contribution in [0.4, 0.5) is 5.69 Å². The highest BCUT2D eigenvalue weighted by Crippen LogP contribution is 2.37. The monoisotopic (exact) mass is 366 g/mol. The largest absolute Gasteiger partial charge is 0.270 e. The number of carbonyl (C=O) groups excluding carboxylic acids is 1. The molecule has 1 amide bonds. The van der Waals surface area contributed by atoms with Crippen LogP contribution in [0.3, 0.4) is 0 Å². The average Bonchev–Trinajstić information content (AvgIpc) is 2.78. The van der Waals surface area contributed by atoms with Gasteiger partial charge in [0.15, 0.2) is 4.32 Å². The van der Waals surface area contributed by atoms with E-state index in [4.69, 9.17) is 35.4 Å². The van der Waals surface area contributed by atoms with Crippen molar-refractivity contribution in [1.29, 1.82) is 0 Å². The zero-order chi connectivity index (χ0) is 15.7. The molecule has 7 heteroatoms. The molecule has 22 heavy (non-hydrogen) atoms. The molecule has 1 aromatic heterocycles. The topological polar surface area (TPSA) is 33.2 Å². The Morgan fingerprint density at radius 1 is 1.18 bits per heavy atom. The van der Waals surface area contributed by atoms with E-state index in [-0.39, 0.29) is 5.91 Å². The lowest BCUT2D eigenvalue weighted by atomic mass is 10.2. The summed E-state index contributed by atoms with van der Waals surface area (Å²) >= 11 is 18.4. The molecule has 0 radical (unpaired) electrons. The van der Waals surface area contributed by atoms with Crippen molar-refractivity contribution >= 4 is 69.2 Å². The Morgan fingerprint density at radius 2 is 2.00 bits per heavy atom. The first-order valence-corrected chi connectivity index (χ1v) is 8.18. The van der Waals surface area contributed by atoms with Crippen molar-refractivity contribution in [3.8, 4) is 0 Å². The Labute approximate surface area is 146 Å². The number of amides is 1. The van der Waals surface area contributed by atoms with Crippen LogP contribution in [0, 0.1) is 0 Å². The minimum absolute atomic E-state index is 0.195. The molecule has 0 atom stereocenters. The third-order valence-electron chi connectivity index (χ3n) is 2.92. The molecule has 0 saturated carbocycles. The summed E-state index contributed by atoms with van der Waals surface area (Å²) < 4.78 is 0.450. The number of rotatable bonds is 2. The van der Waals surface area contributed by atoms with E-state index >= 15 is 0 Å². The van der Waals surface area contributed by atoms with E-state index in [9.17, 15) is 4.79 Å². The SMILES string of the molecule is O=C1C(=Cc2ccccn2)SC(=S)N1c1ccc(Cl)c(Cl)c1. The molecule has 0 spiro atoms.